The number of rotatable bonds is 11. The highest BCUT2D eigenvalue weighted by Gasteiger charge is 2.22. The van der Waals surface area contributed by atoms with E-state index in [1.807, 2.05) is 28.2 Å². The Balaban J connectivity index is 4.20. The Bertz CT molecular complexity index is 490. The van der Waals surface area contributed by atoms with Crippen LogP contribution < -0.4 is 0 Å². The maximum Gasteiger partial charge on any atom is 0.128 e. The van der Waals surface area contributed by atoms with Crippen molar-refractivity contribution in [3.63, 3.8) is 0 Å². The second kappa shape index (κ2) is 8.02. The van der Waals surface area contributed by atoms with Crippen LogP contribution in [0.25, 0.3) is 0 Å². The number of nitrogens with zero attached hydrogens (tertiary/aromatic N) is 2. The first-order chi connectivity index (χ1) is 9.62. The van der Waals surface area contributed by atoms with Crippen LogP contribution in [0.1, 0.15) is 12.8 Å². The summed E-state index contributed by atoms with van der Waals surface area (Å²) in [5, 5.41) is 0. The van der Waals surface area contributed by atoms with E-state index in [9.17, 15) is 25.9 Å². The van der Waals surface area contributed by atoms with E-state index in [1.165, 1.54) is 0 Å². The van der Waals surface area contributed by atoms with Gasteiger partial charge in [-0.15, -0.1) is 0 Å². The zero-order valence-electron chi connectivity index (χ0n) is 13.8. The third-order valence-electron chi connectivity index (χ3n) is 3.63. The van der Waals surface area contributed by atoms with Crippen molar-refractivity contribution in [1.82, 2.24) is 0 Å². The van der Waals surface area contributed by atoms with Crippen molar-refractivity contribution in [2.24, 2.45) is 0 Å². The van der Waals surface area contributed by atoms with Crippen LogP contribution in [0.2, 0.25) is 0 Å². The van der Waals surface area contributed by atoms with Gasteiger partial charge in [0.05, 0.1) is 61.5 Å². The summed E-state index contributed by atoms with van der Waals surface area (Å²) < 4.78 is 64.7. The molecule has 22 heavy (non-hydrogen) atoms. The summed E-state index contributed by atoms with van der Waals surface area (Å²) in [4.78, 5) is 0. The molecule has 10 heteroatoms. The molecule has 0 aromatic rings. The number of hydrogen-bond acceptors (Lipinski definition) is 6. The van der Waals surface area contributed by atoms with Crippen LogP contribution in [0.15, 0.2) is 0 Å². The Kier molecular flexibility index (Phi) is 7.93. The lowest BCUT2D eigenvalue weighted by atomic mass is 10.3. The average molecular weight is 360 g/mol. The molecule has 0 radical (unpaired) electrons. The Hall–Kier alpha value is -0.260. The summed E-state index contributed by atoms with van der Waals surface area (Å²) in [6, 6.07) is 0. The SMILES string of the molecule is C[N+](C)(CCCS(=O)(=O)[O-])CC[N+](C)(C)CCCS(=O)(=O)[O-]. The van der Waals surface area contributed by atoms with E-state index in [1.54, 1.807) is 0 Å². The predicted molar refractivity (Wildman–Crippen MR) is 82.0 cm³/mol. The van der Waals surface area contributed by atoms with Crippen LogP contribution in [-0.4, -0.2) is 101 Å². The topological polar surface area (TPSA) is 114 Å². The molecule has 0 saturated heterocycles. The van der Waals surface area contributed by atoms with Crippen LogP contribution >= 0.6 is 0 Å². The molecule has 0 amide bonds. The van der Waals surface area contributed by atoms with Crippen LogP contribution in [0.5, 0.6) is 0 Å². The van der Waals surface area contributed by atoms with Gasteiger partial charge in [0.1, 0.15) is 13.1 Å². The first-order valence-corrected chi connectivity index (χ1v) is 10.3. The van der Waals surface area contributed by atoms with Gasteiger partial charge in [-0.05, 0) is 0 Å². The fourth-order valence-electron chi connectivity index (χ4n) is 2.10. The van der Waals surface area contributed by atoms with Crippen molar-refractivity contribution < 1.29 is 34.9 Å². The van der Waals surface area contributed by atoms with Crippen molar-refractivity contribution in [2.75, 3.05) is 65.9 Å². The van der Waals surface area contributed by atoms with Crippen LogP contribution in [0, 0.1) is 0 Å². The third kappa shape index (κ3) is 13.4. The monoisotopic (exact) mass is 360 g/mol. The standard InChI is InChI=1S/C12H28N2O6S2/c1-13(2,7-5-11-21(15,16)17)9-10-14(3,4)8-6-12-22(18,19)20/h5-12H2,1-4H3. The predicted octanol–water partition coefficient (Wildman–Crippen LogP) is -0.990. The van der Waals surface area contributed by atoms with Gasteiger partial charge in [0.15, 0.2) is 0 Å². The zero-order chi connectivity index (χ0) is 17.7. The summed E-state index contributed by atoms with van der Waals surface area (Å²) >= 11 is 0. The van der Waals surface area contributed by atoms with Gasteiger partial charge in [0.25, 0.3) is 0 Å². The first-order valence-electron chi connectivity index (χ1n) is 7.13. The Labute approximate surface area is 134 Å². The maximum absolute atomic E-state index is 10.6. The van der Waals surface area contributed by atoms with E-state index in [2.05, 4.69) is 0 Å². The lowest BCUT2D eigenvalue weighted by molar-refractivity contribution is -0.945. The first kappa shape index (κ1) is 21.7. The zero-order valence-corrected chi connectivity index (χ0v) is 15.5. The minimum Gasteiger partial charge on any atom is -0.748 e. The Morgan fingerprint density at radius 2 is 0.909 bits per heavy atom. The van der Waals surface area contributed by atoms with Crippen LogP contribution in [-0.2, 0) is 20.2 Å². The highest BCUT2D eigenvalue weighted by atomic mass is 32.2. The maximum atomic E-state index is 10.6. The largest absolute Gasteiger partial charge is 0.748 e. The minimum absolute atomic E-state index is 0.320. The van der Waals surface area contributed by atoms with E-state index < -0.39 is 20.2 Å². The number of hydrogen-bond donors (Lipinski definition) is 0. The highest BCUT2D eigenvalue weighted by molar-refractivity contribution is 7.85. The molecule has 0 N–H and O–H groups in total. The molecule has 0 aliphatic carbocycles. The van der Waals surface area contributed by atoms with Gasteiger partial charge < -0.3 is 18.1 Å². The molecule has 8 nitrogen and oxygen atoms in total. The van der Waals surface area contributed by atoms with Gasteiger partial charge in [-0.25, -0.2) is 16.8 Å². The van der Waals surface area contributed by atoms with Crippen molar-refractivity contribution in [3.8, 4) is 0 Å². The van der Waals surface area contributed by atoms with Crippen molar-refractivity contribution in [1.29, 1.82) is 0 Å². The molecule has 0 rings (SSSR count). The van der Waals surface area contributed by atoms with Gasteiger partial charge in [-0.2, -0.15) is 0 Å². The molecule has 0 unspecified atom stereocenters. The van der Waals surface area contributed by atoms with Crippen LogP contribution in [0.3, 0.4) is 0 Å². The van der Waals surface area contributed by atoms with Crippen molar-refractivity contribution in [2.45, 2.75) is 12.8 Å². The summed E-state index contributed by atoms with van der Waals surface area (Å²) in [7, 11) is -0.501. The third-order valence-corrected chi connectivity index (χ3v) is 5.20. The molecule has 0 bridgehead atoms. The molecule has 0 fully saturated rings. The molecule has 0 aromatic carbocycles. The molecular weight excluding hydrogens is 332 g/mol. The van der Waals surface area contributed by atoms with E-state index in [0.717, 1.165) is 13.1 Å². The summed E-state index contributed by atoms with van der Waals surface area (Å²) in [5.74, 6) is -0.706. The molecule has 134 valence electrons. The van der Waals surface area contributed by atoms with Gasteiger partial charge in [0.2, 0.25) is 0 Å². The second-order valence-corrected chi connectivity index (χ2v) is 10.0. The van der Waals surface area contributed by atoms with Gasteiger partial charge in [0, 0.05) is 24.3 Å². The van der Waals surface area contributed by atoms with Crippen LogP contribution in [0.4, 0.5) is 0 Å². The average Bonchev–Trinajstić information content (AvgIpc) is 2.22. The van der Waals surface area contributed by atoms with E-state index >= 15 is 0 Å². The smallest absolute Gasteiger partial charge is 0.128 e. The summed E-state index contributed by atoms with van der Waals surface area (Å²) in [5.41, 5.74) is 0. The summed E-state index contributed by atoms with van der Waals surface area (Å²) in [6.45, 7) is 2.68. The molecule has 0 aliphatic rings. The van der Waals surface area contributed by atoms with E-state index in [-0.39, 0.29) is 11.5 Å². The fraction of sp³-hybridized carbons (Fsp3) is 1.00. The quantitative estimate of drug-likeness (QED) is 0.345. The Morgan fingerprint density at radius 3 is 1.14 bits per heavy atom. The van der Waals surface area contributed by atoms with Crippen molar-refractivity contribution in [3.05, 3.63) is 0 Å². The lowest BCUT2D eigenvalue weighted by Gasteiger charge is -2.36. The van der Waals surface area contributed by atoms with Crippen molar-refractivity contribution >= 4 is 20.2 Å². The molecule has 0 aromatic heterocycles. The highest BCUT2D eigenvalue weighted by Crippen LogP contribution is 2.06. The van der Waals surface area contributed by atoms with Gasteiger partial charge in [-0.3, -0.25) is 0 Å². The molecule has 0 atom stereocenters. The fourth-order valence-corrected chi connectivity index (χ4v) is 3.07. The van der Waals surface area contributed by atoms with Gasteiger partial charge >= 0.3 is 0 Å². The molecule has 0 heterocycles. The Morgan fingerprint density at radius 1 is 0.636 bits per heavy atom. The summed E-state index contributed by atoms with van der Waals surface area (Å²) in [6.07, 6.45) is 0.640. The van der Waals surface area contributed by atoms with E-state index in [0.29, 0.717) is 34.9 Å². The van der Waals surface area contributed by atoms with Gasteiger partial charge in [-0.1, -0.05) is 0 Å². The molecular formula is C12H28N2O6S2. The lowest BCUT2D eigenvalue weighted by Crippen LogP contribution is -2.51. The number of likely N-dealkylation sites (N-methyl/N-ethyl adjacent to an activating group) is 2. The second-order valence-electron chi connectivity index (χ2n) is 7.00. The molecule has 0 spiro atoms. The molecule has 0 aliphatic heterocycles. The minimum atomic E-state index is -4.17. The van der Waals surface area contributed by atoms with E-state index in [4.69, 9.17) is 0 Å². The number of quaternary nitrogens is 2. The normalized spacial score (nSPS) is 14.3. The molecule has 0 saturated carbocycles.